The Bertz CT molecular complexity index is 881. The summed E-state index contributed by atoms with van der Waals surface area (Å²) < 4.78 is 19.1. The van der Waals surface area contributed by atoms with Gasteiger partial charge in [0.05, 0.1) is 12.2 Å². The van der Waals surface area contributed by atoms with E-state index in [1.807, 2.05) is 34.8 Å². The summed E-state index contributed by atoms with van der Waals surface area (Å²) in [6, 6.07) is 0. The molecule has 5 aliphatic carbocycles. The third-order valence-electron chi connectivity index (χ3n) is 13.0. The molecule has 6 fully saturated rings. The molecule has 0 radical (unpaired) electrons. The van der Waals surface area contributed by atoms with E-state index < -0.39 is 11.9 Å². The number of ketones is 1. The number of hydrogen-bond donors (Lipinski definition) is 0. The molecule has 6 aliphatic rings. The van der Waals surface area contributed by atoms with Crippen molar-refractivity contribution in [3.05, 3.63) is 0 Å². The predicted molar refractivity (Wildman–Crippen MR) is 137 cm³/mol. The van der Waals surface area contributed by atoms with Crippen LogP contribution in [0.2, 0.25) is 0 Å². The van der Waals surface area contributed by atoms with Crippen molar-refractivity contribution in [2.45, 2.75) is 124 Å². The summed E-state index contributed by atoms with van der Waals surface area (Å²) in [5, 5.41) is 0. The molecule has 0 bridgehead atoms. The van der Waals surface area contributed by atoms with Gasteiger partial charge in [-0.3, -0.25) is 4.79 Å². The van der Waals surface area contributed by atoms with Gasteiger partial charge in [0.15, 0.2) is 11.6 Å². The van der Waals surface area contributed by atoms with E-state index in [-0.39, 0.29) is 17.8 Å². The fourth-order valence-corrected chi connectivity index (χ4v) is 11.4. The molecule has 0 amide bonds. The van der Waals surface area contributed by atoms with E-state index in [2.05, 4.69) is 20.8 Å². The highest BCUT2D eigenvalue weighted by atomic mass is 16.8. The van der Waals surface area contributed by atoms with Gasteiger partial charge in [0, 0.05) is 18.4 Å². The molecule has 1 spiro atoms. The van der Waals surface area contributed by atoms with Crippen molar-refractivity contribution in [2.24, 2.45) is 57.7 Å². The average Bonchev–Trinajstić information content (AvgIpc) is 3.11. The molecule has 0 N–H and O–H groups in total. The van der Waals surface area contributed by atoms with Crippen LogP contribution in [0, 0.1) is 57.7 Å². The van der Waals surface area contributed by atoms with Crippen molar-refractivity contribution in [2.75, 3.05) is 7.11 Å². The molecule has 0 aromatic heterocycles. The molecular formula is C31H50O4. The zero-order valence-electron chi connectivity index (χ0n) is 23.6. The Morgan fingerprint density at radius 1 is 0.943 bits per heavy atom. The summed E-state index contributed by atoms with van der Waals surface area (Å²) in [5.74, 6) is 3.74. The first-order valence-electron chi connectivity index (χ1n) is 14.8. The van der Waals surface area contributed by atoms with Crippen LogP contribution in [0.4, 0.5) is 0 Å². The Kier molecular flexibility index (Phi) is 5.53. The van der Waals surface area contributed by atoms with Gasteiger partial charge in [0.1, 0.15) is 6.10 Å². The lowest BCUT2D eigenvalue weighted by Crippen LogP contribution is -2.57. The molecule has 4 heteroatoms. The van der Waals surface area contributed by atoms with Gasteiger partial charge < -0.3 is 14.2 Å². The molecule has 4 nitrogen and oxygen atoms in total. The lowest BCUT2D eigenvalue weighted by atomic mass is 9.45. The minimum Gasteiger partial charge on any atom is -0.381 e. The predicted octanol–water partition coefficient (Wildman–Crippen LogP) is 6.65. The van der Waals surface area contributed by atoms with Crippen LogP contribution in [0.15, 0.2) is 0 Å². The van der Waals surface area contributed by atoms with E-state index >= 15 is 0 Å². The van der Waals surface area contributed by atoms with Gasteiger partial charge in [-0.05, 0) is 112 Å². The van der Waals surface area contributed by atoms with E-state index in [0.29, 0.717) is 34.2 Å². The summed E-state index contributed by atoms with van der Waals surface area (Å²) in [4.78, 5) is 13.1. The standard InChI is InChI=1S/C31H50O4/c1-17(2)25(32)27-26(34-28(4,5)35-27)18(3)21-9-10-22-20-15-24(33-8)31-16-19(31)11-14-30(31,7)23(20)12-13-29(21,22)6/h17-24,26-27H,9-16H2,1-8H3/t18-,19+,20-,21+,22-,23-,24+,26+,27-,29+,30+,31-/m0/s1. The second kappa shape index (κ2) is 7.79. The lowest BCUT2D eigenvalue weighted by Gasteiger charge is -2.61. The number of fused-ring (bicyclic) bond motifs is 4. The van der Waals surface area contributed by atoms with Gasteiger partial charge in [-0.1, -0.05) is 34.6 Å². The maximum absolute atomic E-state index is 13.1. The van der Waals surface area contributed by atoms with Crippen molar-refractivity contribution in [3.63, 3.8) is 0 Å². The normalized spacial score (nSPS) is 54.7. The van der Waals surface area contributed by atoms with E-state index in [0.717, 1.165) is 23.7 Å². The van der Waals surface area contributed by atoms with Crippen LogP contribution in [0.5, 0.6) is 0 Å². The molecule has 1 aliphatic heterocycles. The van der Waals surface area contributed by atoms with E-state index in [9.17, 15) is 4.79 Å². The first-order valence-corrected chi connectivity index (χ1v) is 14.8. The van der Waals surface area contributed by atoms with E-state index in [1.54, 1.807) is 0 Å². The molecule has 198 valence electrons. The number of carbonyl (C=O) groups is 1. The number of hydrogen-bond acceptors (Lipinski definition) is 4. The van der Waals surface area contributed by atoms with Gasteiger partial charge in [0.25, 0.3) is 0 Å². The van der Waals surface area contributed by atoms with Gasteiger partial charge in [0.2, 0.25) is 0 Å². The van der Waals surface area contributed by atoms with Crippen molar-refractivity contribution < 1.29 is 19.0 Å². The maximum atomic E-state index is 13.1. The van der Waals surface area contributed by atoms with Gasteiger partial charge in [-0.2, -0.15) is 0 Å². The Labute approximate surface area is 213 Å². The molecular weight excluding hydrogens is 436 g/mol. The third kappa shape index (κ3) is 3.18. The molecule has 0 unspecified atom stereocenters. The van der Waals surface area contributed by atoms with Crippen LogP contribution >= 0.6 is 0 Å². The second-order valence-corrected chi connectivity index (χ2v) is 14.9. The highest BCUT2D eigenvalue weighted by Gasteiger charge is 2.77. The monoisotopic (exact) mass is 486 g/mol. The van der Waals surface area contributed by atoms with Crippen molar-refractivity contribution in [3.8, 4) is 0 Å². The fourth-order valence-electron chi connectivity index (χ4n) is 11.4. The quantitative estimate of drug-likeness (QED) is 0.436. The summed E-state index contributed by atoms with van der Waals surface area (Å²) >= 11 is 0. The summed E-state index contributed by atoms with van der Waals surface area (Å²) in [6.45, 7) is 15.6. The molecule has 12 atom stereocenters. The lowest BCUT2D eigenvalue weighted by molar-refractivity contribution is -0.168. The van der Waals surface area contributed by atoms with Crippen molar-refractivity contribution in [1.82, 2.24) is 0 Å². The molecule has 6 rings (SSSR count). The maximum Gasteiger partial charge on any atom is 0.166 e. The Balaban J connectivity index is 1.27. The average molecular weight is 487 g/mol. The van der Waals surface area contributed by atoms with Crippen LogP contribution in [-0.2, 0) is 19.0 Å². The van der Waals surface area contributed by atoms with E-state index in [1.165, 1.54) is 51.4 Å². The zero-order chi connectivity index (χ0) is 25.1. The van der Waals surface area contributed by atoms with Crippen LogP contribution < -0.4 is 0 Å². The zero-order valence-corrected chi connectivity index (χ0v) is 23.6. The van der Waals surface area contributed by atoms with Crippen molar-refractivity contribution in [1.29, 1.82) is 0 Å². The summed E-state index contributed by atoms with van der Waals surface area (Å²) in [6.07, 6.45) is 10.7. The number of methoxy groups -OCH3 is 1. The second-order valence-electron chi connectivity index (χ2n) is 14.9. The Morgan fingerprint density at radius 3 is 2.34 bits per heavy atom. The van der Waals surface area contributed by atoms with Crippen LogP contribution in [0.25, 0.3) is 0 Å². The van der Waals surface area contributed by atoms with Crippen molar-refractivity contribution >= 4 is 5.78 Å². The number of Topliss-reactive ketones (excluding diaryl/α,β-unsaturated/α-hetero) is 1. The van der Waals surface area contributed by atoms with Crippen LogP contribution in [-0.4, -0.2) is 37.0 Å². The largest absolute Gasteiger partial charge is 0.381 e. The first-order chi connectivity index (χ1) is 16.4. The van der Waals surface area contributed by atoms with Crippen LogP contribution in [0.1, 0.15) is 99.8 Å². The number of ether oxygens (including phenoxy) is 3. The molecule has 0 aromatic rings. The smallest absolute Gasteiger partial charge is 0.166 e. The fraction of sp³-hybridized carbons (Fsp3) is 0.968. The Morgan fingerprint density at radius 2 is 1.69 bits per heavy atom. The van der Waals surface area contributed by atoms with Crippen LogP contribution in [0.3, 0.4) is 0 Å². The highest BCUT2D eigenvalue weighted by molar-refractivity contribution is 5.85. The SMILES string of the molecule is CO[C@@H]1C[C@H]2[C@@H]3CC[C@H]([C@H](C)[C@H]4OC(C)(C)O[C@H]4C(=O)C(C)C)[C@@]3(C)CC[C@@H]2[C@@]2(C)CC[C@@H]3C[C@]312. The Hall–Kier alpha value is -0.450. The number of rotatable bonds is 5. The minimum absolute atomic E-state index is 0.0338. The first kappa shape index (κ1) is 24.9. The topological polar surface area (TPSA) is 44.8 Å². The number of carbonyl (C=O) groups excluding carboxylic acids is 1. The molecule has 1 heterocycles. The third-order valence-corrected chi connectivity index (χ3v) is 13.0. The van der Waals surface area contributed by atoms with Gasteiger partial charge >= 0.3 is 0 Å². The van der Waals surface area contributed by atoms with Gasteiger partial charge in [-0.25, -0.2) is 0 Å². The summed E-state index contributed by atoms with van der Waals surface area (Å²) in [7, 11) is 1.99. The van der Waals surface area contributed by atoms with Gasteiger partial charge in [-0.15, -0.1) is 0 Å². The van der Waals surface area contributed by atoms with E-state index in [4.69, 9.17) is 14.2 Å². The molecule has 0 aromatic carbocycles. The minimum atomic E-state index is -0.689. The summed E-state index contributed by atoms with van der Waals surface area (Å²) in [5.41, 5.74) is 1.29. The molecule has 5 saturated carbocycles. The highest BCUT2D eigenvalue weighted by Crippen LogP contribution is 2.82. The molecule has 1 saturated heterocycles. The molecule has 35 heavy (non-hydrogen) atoms.